The zero-order valence-electron chi connectivity index (χ0n) is 13.0. The maximum Gasteiger partial charge on any atom is 0.251 e. The average molecular weight is 315 g/mol. The van der Waals surface area contributed by atoms with Crippen LogP contribution in [-0.4, -0.2) is 32.5 Å². The third-order valence-corrected chi connectivity index (χ3v) is 3.96. The Labute approximate surface area is 133 Å². The molecule has 0 aliphatic heterocycles. The summed E-state index contributed by atoms with van der Waals surface area (Å²) in [6.45, 7) is 2.37. The summed E-state index contributed by atoms with van der Waals surface area (Å²) in [6.07, 6.45) is 2.50. The first-order chi connectivity index (χ1) is 11.0. The van der Waals surface area contributed by atoms with Crippen LogP contribution in [0.2, 0.25) is 0 Å². The monoisotopic (exact) mass is 315 g/mol. The molecule has 0 spiro atoms. The molecule has 2 aromatic rings. The lowest BCUT2D eigenvalue weighted by atomic mass is 9.78. The molecular formula is C15H21N7O. The Morgan fingerprint density at radius 2 is 2.09 bits per heavy atom. The second-order valence-electron chi connectivity index (χ2n) is 5.96. The van der Waals surface area contributed by atoms with Crippen LogP contribution in [0, 0.1) is 6.92 Å². The minimum Gasteiger partial charge on any atom is -0.370 e. The molecule has 23 heavy (non-hydrogen) atoms. The van der Waals surface area contributed by atoms with Gasteiger partial charge in [-0.2, -0.15) is 4.98 Å². The molecule has 6 N–H and O–H groups in total. The first-order valence-electron chi connectivity index (χ1n) is 7.70. The zero-order chi connectivity index (χ0) is 16.4. The number of nitrogens with one attached hydrogen (secondary N) is 2. The molecule has 2 heterocycles. The Hall–Kier alpha value is -2.48. The Morgan fingerprint density at radius 3 is 2.78 bits per heavy atom. The van der Waals surface area contributed by atoms with Gasteiger partial charge in [0, 0.05) is 42.8 Å². The van der Waals surface area contributed by atoms with Gasteiger partial charge in [-0.05, 0) is 19.8 Å². The number of H-pyrrole nitrogens is 1. The second kappa shape index (κ2) is 6.33. The second-order valence-corrected chi connectivity index (χ2v) is 5.96. The average Bonchev–Trinajstić information content (AvgIpc) is 2.42. The van der Waals surface area contributed by atoms with Crippen LogP contribution in [0.1, 0.15) is 36.0 Å². The fourth-order valence-corrected chi connectivity index (χ4v) is 2.78. The van der Waals surface area contributed by atoms with Crippen molar-refractivity contribution in [1.29, 1.82) is 0 Å². The molecule has 1 aliphatic carbocycles. The molecule has 0 unspecified atom stereocenters. The van der Waals surface area contributed by atoms with E-state index in [1.807, 2.05) is 6.07 Å². The SMILES string of the molecule is Cc1nc(CCNc2cc(C3CC(N)C3)nc(N)n2)cc(=O)[nH]1. The summed E-state index contributed by atoms with van der Waals surface area (Å²) >= 11 is 0. The Kier molecular flexibility index (Phi) is 4.24. The van der Waals surface area contributed by atoms with Gasteiger partial charge in [-0.3, -0.25) is 4.79 Å². The van der Waals surface area contributed by atoms with E-state index in [0.717, 1.165) is 24.2 Å². The fourth-order valence-electron chi connectivity index (χ4n) is 2.78. The number of rotatable bonds is 5. The van der Waals surface area contributed by atoms with E-state index < -0.39 is 0 Å². The van der Waals surface area contributed by atoms with Gasteiger partial charge in [-0.25, -0.2) is 9.97 Å². The summed E-state index contributed by atoms with van der Waals surface area (Å²) < 4.78 is 0. The minimum atomic E-state index is -0.137. The molecule has 2 aromatic heterocycles. The molecule has 0 bridgehead atoms. The molecule has 1 saturated carbocycles. The van der Waals surface area contributed by atoms with E-state index in [9.17, 15) is 4.79 Å². The summed E-state index contributed by atoms with van der Waals surface area (Å²) in [6, 6.07) is 3.69. The van der Waals surface area contributed by atoms with Crippen molar-refractivity contribution in [3.05, 3.63) is 39.7 Å². The van der Waals surface area contributed by atoms with Crippen LogP contribution >= 0.6 is 0 Å². The molecule has 0 aromatic carbocycles. The van der Waals surface area contributed by atoms with E-state index in [-0.39, 0.29) is 17.5 Å². The van der Waals surface area contributed by atoms with Crippen LogP contribution in [0.25, 0.3) is 0 Å². The number of aromatic amines is 1. The number of nitrogens with zero attached hydrogens (tertiary/aromatic N) is 3. The highest BCUT2D eigenvalue weighted by Crippen LogP contribution is 2.35. The van der Waals surface area contributed by atoms with Gasteiger partial charge in [-0.1, -0.05) is 0 Å². The van der Waals surface area contributed by atoms with Gasteiger partial charge in [0.05, 0.1) is 5.69 Å². The highest BCUT2D eigenvalue weighted by Gasteiger charge is 2.29. The highest BCUT2D eigenvalue weighted by molar-refractivity contribution is 5.42. The lowest BCUT2D eigenvalue weighted by Gasteiger charge is -2.32. The molecule has 0 saturated heterocycles. The van der Waals surface area contributed by atoms with Crippen LogP contribution in [0.4, 0.5) is 11.8 Å². The smallest absolute Gasteiger partial charge is 0.251 e. The van der Waals surface area contributed by atoms with Crippen molar-refractivity contribution in [3.63, 3.8) is 0 Å². The van der Waals surface area contributed by atoms with Crippen molar-refractivity contribution in [3.8, 4) is 0 Å². The van der Waals surface area contributed by atoms with Gasteiger partial charge in [0.15, 0.2) is 0 Å². The largest absolute Gasteiger partial charge is 0.370 e. The number of aromatic nitrogens is 4. The zero-order valence-corrected chi connectivity index (χ0v) is 13.0. The standard InChI is InChI=1S/C15H21N7O/c1-8-19-11(6-14(23)20-8)2-3-18-13-7-12(21-15(17)22-13)9-4-10(16)5-9/h6-7,9-10H,2-5,16H2,1H3,(H,19,20,23)(H3,17,18,21,22). The van der Waals surface area contributed by atoms with E-state index in [0.29, 0.717) is 30.5 Å². The summed E-state index contributed by atoms with van der Waals surface area (Å²) in [5, 5.41) is 3.21. The predicted molar refractivity (Wildman–Crippen MR) is 88.2 cm³/mol. The number of nitrogen functional groups attached to an aromatic ring is 1. The molecule has 8 heteroatoms. The van der Waals surface area contributed by atoms with Crippen molar-refractivity contribution >= 4 is 11.8 Å². The van der Waals surface area contributed by atoms with Crippen molar-refractivity contribution < 1.29 is 0 Å². The van der Waals surface area contributed by atoms with Gasteiger partial charge >= 0.3 is 0 Å². The van der Waals surface area contributed by atoms with Gasteiger partial charge in [0.1, 0.15) is 11.6 Å². The number of anilines is 2. The van der Waals surface area contributed by atoms with Crippen molar-refractivity contribution in [2.75, 3.05) is 17.6 Å². The summed E-state index contributed by atoms with van der Waals surface area (Å²) in [5.41, 5.74) is 13.1. The number of aryl methyl sites for hydroxylation is 1. The maximum atomic E-state index is 11.4. The quantitative estimate of drug-likeness (QED) is 0.623. The highest BCUT2D eigenvalue weighted by atomic mass is 16.1. The first-order valence-corrected chi connectivity index (χ1v) is 7.70. The normalized spacial score (nSPS) is 20.1. The topological polar surface area (TPSA) is 136 Å². The Bertz CT molecular complexity index is 752. The first kappa shape index (κ1) is 15.4. The fraction of sp³-hybridized carbons (Fsp3) is 0.467. The van der Waals surface area contributed by atoms with Crippen LogP contribution in [0.3, 0.4) is 0 Å². The maximum absolute atomic E-state index is 11.4. The van der Waals surface area contributed by atoms with Gasteiger partial charge in [0.25, 0.3) is 5.56 Å². The van der Waals surface area contributed by atoms with Crippen LogP contribution in [0.15, 0.2) is 16.9 Å². The minimum absolute atomic E-state index is 0.137. The molecule has 0 amide bonds. The van der Waals surface area contributed by atoms with Crippen molar-refractivity contribution in [1.82, 2.24) is 19.9 Å². The van der Waals surface area contributed by atoms with Crippen LogP contribution in [0.5, 0.6) is 0 Å². The molecule has 8 nitrogen and oxygen atoms in total. The predicted octanol–water partition coefficient (Wildman–Crippen LogP) is 0.310. The Balaban J connectivity index is 1.62. The lowest BCUT2D eigenvalue weighted by Crippen LogP contribution is -2.35. The molecule has 0 atom stereocenters. The van der Waals surface area contributed by atoms with E-state index in [1.54, 1.807) is 6.92 Å². The third-order valence-electron chi connectivity index (χ3n) is 3.96. The summed E-state index contributed by atoms with van der Waals surface area (Å²) in [4.78, 5) is 26.8. The molecule has 1 aliphatic rings. The number of nitrogens with two attached hydrogens (primary N) is 2. The lowest BCUT2D eigenvalue weighted by molar-refractivity contribution is 0.345. The van der Waals surface area contributed by atoms with E-state index in [2.05, 4.69) is 25.3 Å². The van der Waals surface area contributed by atoms with E-state index in [4.69, 9.17) is 11.5 Å². The van der Waals surface area contributed by atoms with E-state index >= 15 is 0 Å². The van der Waals surface area contributed by atoms with Crippen molar-refractivity contribution in [2.24, 2.45) is 5.73 Å². The molecule has 0 radical (unpaired) electrons. The van der Waals surface area contributed by atoms with Crippen LogP contribution in [-0.2, 0) is 6.42 Å². The van der Waals surface area contributed by atoms with Gasteiger partial charge in [0.2, 0.25) is 5.95 Å². The molecule has 1 fully saturated rings. The summed E-state index contributed by atoms with van der Waals surface area (Å²) in [7, 11) is 0. The molecule has 122 valence electrons. The summed E-state index contributed by atoms with van der Waals surface area (Å²) in [5.74, 6) is 1.93. The number of hydrogen-bond donors (Lipinski definition) is 4. The third kappa shape index (κ3) is 3.84. The van der Waals surface area contributed by atoms with Gasteiger partial charge in [-0.15, -0.1) is 0 Å². The van der Waals surface area contributed by atoms with Crippen molar-refractivity contribution in [2.45, 2.75) is 38.1 Å². The molecule has 3 rings (SSSR count). The van der Waals surface area contributed by atoms with Crippen LogP contribution < -0.4 is 22.3 Å². The Morgan fingerprint density at radius 1 is 1.30 bits per heavy atom. The molecular weight excluding hydrogens is 294 g/mol. The van der Waals surface area contributed by atoms with Gasteiger partial charge < -0.3 is 21.8 Å². The van der Waals surface area contributed by atoms with E-state index in [1.165, 1.54) is 6.07 Å². The number of hydrogen-bond acceptors (Lipinski definition) is 7.